The van der Waals surface area contributed by atoms with Gasteiger partial charge in [0.05, 0.1) is 0 Å². The van der Waals surface area contributed by atoms with E-state index < -0.39 is 0 Å². The highest BCUT2D eigenvalue weighted by Crippen LogP contribution is 1.75. The average molecular weight is 154 g/mol. The first kappa shape index (κ1) is 9.88. The highest BCUT2D eigenvalue weighted by Gasteiger charge is 1.86. The molecule has 0 saturated carbocycles. The van der Waals surface area contributed by atoms with Crippen LogP contribution in [0.4, 0.5) is 0 Å². The van der Waals surface area contributed by atoms with E-state index in [0.29, 0.717) is 6.54 Å². The molecule has 1 aromatic heterocycles. The van der Waals surface area contributed by atoms with Crippen molar-refractivity contribution in [3.63, 3.8) is 0 Å². The zero-order valence-electron chi connectivity index (χ0n) is 7.24. The molecule has 1 heterocycles. The lowest BCUT2D eigenvalue weighted by molar-refractivity contribution is 0.699. The molecule has 11 heavy (non-hydrogen) atoms. The van der Waals surface area contributed by atoms with Gasteiger partial charge < -0.3 is 0 Å². The lowest BCUT2D eigenvalue weighted by Crippen LogP contribution is -2.19. The van der Waals surface area contributed by atoms with Crippen molar-refractivity contribution in [1.82, 2.24) is 9.55 Å². The van der Waals surface area contributed by atoms with Gasteiger partial charge in [0, 0.05) is 18.9 Å². The van der Waals surface area contributed by atoms with Gasteiger partial charge in [0.25, 0.3) is 0 Å². The minimum absolute atomic E-state index is 0.181. The van der Waals surface area contributed by atoms with E-state index in [1.807, 2.05) is 20.8 Å². The van der Waals surface area contributed by atoms with Crippen LogP contribution in [0.2, 0.25) is 0 Å². The maximum Gasteiger partial charge on any atom is 0.347 e. The normalized spacial score (nSPS) is 8.27. The number of aromatic nitrogens is 2. The second-order valence-corrected chi connectivity index (χ2v) is 1.69. The quantitative estimate of drug-likeness (QED) is 0.611. The number of aryl methyl sites for hydroxylation is 1. The fourth-order valence-electron chi connectivity index (χ4n) is 0.628. The van der Waals surface area contributed by atoms with Crippen LogP contribution >= 0.6 is 0 Å². The maximum atomic E-state index is 10.7. The molecule has 0 aliphatic rings. The molecule has 0 saturated heterocycles. The summed E-state index contributed by atoms with van der Waals surface area (Å²) in [7, 11) is 0. The van der Waals surface area contributed by atoms with Crippen LogP contribution < -0.4 is 5.69 Å². The summed E-state index contributed by atoms with van der Waals surface area (Å²) in [6, 6.07) is 1.74. The van der Waals surface area contributed by atoms with Crippen LogP contribution in [0, 0.1) is 0 Å². The predicted octanol–water partition coefficient (Wildman–Crippen LogP) is 1.29. The fourth-order valence-corrected chi connectivity index (χ4v) is 0.628. The molecule has 1 rings (SSSR count). The Balaban J connectivity index is 0.000000461. The van der Waals surface area contributed by atoms with Gasteiger partial charge in [-0.15, -0.1) is 0 Å². The monoisotopic (exact) mass is 154 g/mol. The van der Waals surface area contributed by atoms with Crippen molar-refractivity contribution in [3.05, 3.63) is 28.9 Å². The molecule has 0 unspecified atom stereocenters. The Morgan fingerprint density at radius 1 is 1.55 bits per heavy atom. The van der Waals surface area contributed by atoms with E-state index in [1.54, 1.807) is 16.8 Å². The van der Waals surface area contributed by atoms with Gasteiger partial charge in [0.15, 0.2) is 0 Å². The topological polar surface area (TPSA) is 34.9 Å². The molecule has 0 aliphatic heterocycles. The van der Waals surface area contributed by atoms with Gasteiger partial charge in [0.1, 0.15) is 0 Å². The van der Waals surface area contributed by atoms with Crippen molar-refractivity contribution in [1.29, 1.82) is 0 Å². The SMILES string of the molecule is CC.CCn1cccnc1=O. The molecule has 1 aromatic rings. The molecule has 0 radical (unpaired) electrons. The Bertz CT molecular complexity index is 242. The molecule has 3 heteroatoms. The molecule has 0 N–H and O–H groups in total. The Hall–Kier alpha value is -1.12. The first-order valence-corrected chi connectivity index (χ1v) is 3.86. The van der Waals surface area contributed by atoms with Gasteiger partial charge >= 0.3 is 5.69 Å². The average Bonchev–Trinajstić information content (AvgIpc) is 2.09. The second kappa shape index (κ2) is 5.65. The van der Waals surface area contributed by atoms with E-state index >= 15 is 0 Å². The third-order valence-electron chi connectivity index (χ3n) is 1.12. The molecule has 0 aromatic carbocycles. The molecule has 0 amide bonds. The molecule has 0 atom stereocenters. The smallest absolute Gasteiger partial charge is 0.299 e. The van der Waals surface area contributed by atoms with Crippen molar-refractivity contribution >= 4 is 0 Å². The molecular formula is C8H14N2O. The maximum absolute atomic E-state index is 10.7. The molecule has 62 valence electrons. The van der Waals surface area contributed by atoms with Crippen LogP contribution in [-0.4, -0.2) is 9.55 Å². The van der Waals surface area contributed by atoms with Gasteiger partial charge in [-0.1, -0.05) is 13.8 Å². The van der Waals surface area contributed by atoms with E-state index in [-0.39, 0.29) is 5.69 Å². The number of nitrogens with zero attached hydrogens (tertiary/aromatic N) is 2. The fraction of sp³-hybridized carbons (Fsp3) is 0.500. The van der Waals surface area contributed by atoms with Crippen molar-refractivity contribution in [2.75, 3.05) is 0 Å². The first-order valence-electron chi connectivity index (χ1n) is 3.86. The molecule has 0 aliphatic carbocycles. The second-order valence-electron chi connectivity index (χ2n) is 1.69. The van der Waals surface area contributed by atoms with Crippen molar-refractivity contribution in [2.24, 2.45) is 0 Å². The van der Waals surface area contributed by atoms with Gasteiger partial charge in [-0.25, -0.2) is 9.78 Å². The summed E-state index contributed by atoms with van der Waals surface area (Å²) in [6.45, 7) is 6.59. The minimum Gasteiger partial charge on any atom is -0.299 e. The summed E-state index contributed by atoms with van der Waals surface area (Å²) in [5, 5.41) is 0. The molecule has 0 fully saturated rings. The summed E-state index contributed by atoms with van der Waals surface area (Å²) in [5.41, 5.74) is -0.181. The summed E-state index contributed by atoms with van der Waals surface area (Å²) >= 11 is 0. The molecular weight excluding hydrogens is 140 g/mol. The largest absolute Gasteiger partial charge is 0.347 e. The van der Waals surface area contributed by atoms with E-state index in [4.69, 9.17) is 0 Å². The van der Waals surface area contributed by atoms with Gasteiger partial charge in [0.2, 0.25) is 0 Å². The first-order chi connectivity index (χ1) is 5.34. The van der Waals surface area contributed by atoms with Gasteiger partial charge in [-0.3, -0.25) is 4.57 Å². The third-order valence-corrected chi connectivity index (χ3v) is 1.12. The Kier molecular flexibility index (Phi) is 5.07. The molecule has 0 bridgehead atoms. The summed E-state index contributed by atoms with van der Waals surface area (Å²) in [6.07, 6.45) is 3.21. The molecule has 3 nitrogen and oxygen atoms in total. The highest BCUT2D eigenvalue weighted by atomic mass is 16.1. The van der Waals surface area contributed by atoms with Crippen molar-refractivity contribution in [3.8, 4) is 0 Å². The van der Waals surface area contributed by atoms with Crippen LogP contribution in [0.1, 0.15) is 20.8 Å². The van der Waals surface area contributed by atoms with Crippen molar-refractivity contribution in [2.45, 2.75) is 27.3 Å². The van der Waals surface area contributed by atoms with Crippen LogP contribution in [0.5, 0.6) is 0 Å². The number of hydrogen-bond donors (Lipinski definition) is 0. The van der Waals surface area contributed by atoms with Crippen LogP contribution in [0.15, 0.2) is 23.3 Å². The lowest BCUT2D eigenvalue weighted by Gasteiger charge is -1.94. The lowest BCUT2D eigenvalue weighted by atomic mass is 10.6. The Labute approximate surface area is 66.7 Å². The van der Waals surface area contributed by atoms with Crippen molar-refractivity contribution < 1.29 is 0 Å². The predicted molar refractivity (Wildman–Crippen MR) is 45.5 cm³/mol. The number of rotatable bonds is 1. The summed E-state index contributed by atoms with van der Waals surface area (Å²) in [5.74, 6) is 0. The van der Waals surface area contributed by atoms with Gasteiger partial charge in [-0.05, 0) is 13.0 Å². The van der Waals surface area contributed by atoms with Crippen LogP contribution in [-0.2, 0) is 6.54 Å². The highest BCUT2D eigenvalue weighted by molar-refractivity contribution is 4.79. The summed E-state index contributed by atoms with van der Waals surface area (Å²) < 4.78 is 1.54. The number of hydrogen-bond acceptors (Lipinski definition) is 2. The zero-order valence-corrected chi connectivity index (χ0v) is 7.24. The van der Waals surface area contributed by atoms with Gasteiger partial charge in [-0.2, -0.15) is 0 Å². The minimum atomic E-state index is -0.181. The summed E-state index contributed by atoms with van der Waals surface area (Å²) in [4.78, 5) is 14.3. The van der Waals surface area contributed by atoms with Crippen LogP contribution in [0.25, 0.3) is 0 Å². The molecule has 0 spiro atoms. The third kappa shape index (κ3) is 2.98. The zero-order chi connectivity index (χ0) is 8.69. The van der Waals surface area contributed by atoms with E-state index in [9.17, 15) is 4.79 Å². The Morgan fingerprint density at radius 3 is 2.55 bits per heavy atom. The van der Waals surface area contributed by atoms with Crippen LogP contribution in [0.3, 0.4) is 0 Å². The van der Waals surface area contributed by atoms with E-state index in [2.05, 4.69) is 4.98 Å². The Morgan fingerprint density at radius 2 is 2.18 bits per heavy atom. The van der Waals surface area contributed by atoms with E-state index in [1.165, 1.54) is 6.20 Å². The van der Waals surface area contributed by atoms with E-state index in [0.717, 1.165) is 0 Å². The standard InChI is InChI=1S/C6H8N2O.C2H6/c1-2-8-5-3-4-7-6(8)9;1-2/h3-5H,2H2,1H3;1-2H3.